The molecule has 2 aliphatic heterocycles. The second-order valence-corrected chi connectivity index (χ2v) is 4.81. The van der Waals surface area contributed by atoms with Crippen LogP contribution in [0.15, 0.2) is 0 Å². The molecule has 0 spiro atoms. The van der Waals surface area contributed by atoms with Gasteiger partial charge < -0.3 is 20.3 Å². The molecule has 1 atom stereocenters. The lowest BCUT2D eigenvalue weighted by Crippen LogP contribution is -2.62. The van der Waals surface area contributed by atoms with Crippen molar-refractivity contribution in [1.29, 1.82) is 0 Å². The lowest BCUT2D eigenvalue weighted by atomic mass is 9.64. The third-order valence-electron chi connectivity index (χ3n) is 4.00. The van der Waals surface area contributed by atoms with Crippen LogP contribution in [0.2, 0.25) is 0 Å². The van der Waals surface area contributed by atoms with E-state index in [-0.39, 0.29) is 0 Å². The van der Waals surface area contributed by atoms with Gasteiger partial charge in [-0.1, -0.05) is 0 Å². The van der Waals surface area contributed by atoms with E-state index in [0.717, 1.165) is 13.0 Å². The van der Waals surface area contributed by atoms with Gasteiger partial charge in [-0.05, 0) is 19.4 Å². The van der Waals surface area contributed by atoms with Gasteiger partial charge in [0.2, 0.25) is 0 Å². The van der Waals surface area contributed by atoms with Crippen molar-refractivity contribution in [2.24, 2.45) is 5.41 Å². The Morgan fingerprint density at radius 2 is 1.94 bits per heavy atom. The molecule has 5 nitrogen and oxygen atoms in total. The Morgan fingerprint density at radius 3 is 2.44 bits per heavy atom. The van der Waals surface area contributed by atoms with Crippen LogP contribution in [-0.4, -0.2) is 48.1 Å². The first kappa shape index (κ1) is 11.8. The number of hydrogen-bond donors (Lipinski definition) is 3. The van der Waals surface area contributed by atoms with Gasteiger partial charge in [0.15, 0.2) is 0 Å². The first-order chi connectivity index (χ1) is 7.61. The minimum Gasteiger partial charge on any atom is -0.481 e. The van der Waals surface area contributed by atoms with Crippen molar-refractivity contribution in [3.63, 3.8) is 0 Å². The lowest BCUT2D eigenvalue weighted by molar-refractivity contribution is -0.187. The average Bonchev–Trinajstić information content (AvgIpc) is 2.30. The van der Waals surface area contributed by atoms with Gasteiger partial charge in [0, 0.05) is 32.6 Å². The molecule has 2 aliphatic rings. The molecule has 0 aliphatic carbocycles. The molecule has 2 fully saturated rings. The van der Waals surface area contributed by atoms with E-state index in [1.165, 1.54) is 0 Å². The quantitative estimate of drug-likeness (QED) is 0.620. The standard InChI is InChI=1S/C11H19NO4/c13-9(14)10(2-1-5-12-8-10)11(15)3-6-16-7-4-11/h12,15H,1-8H2,(H,13,14). The fourth-order valence-electron chi connectivity index (χ4n) is 2.87. The van der Waals surface area contributed by atoms with Crippen molar-refractivity contribution >= 4 is 5.97 Å². The van der Waals surface area contributed by atoms with Gasteiger partial charge in [-0.15, -0.1) is 0 Å². The summed E-state index contributed by atoms with van der Waals surface area (Å²) in [6.45, 7) is 2.09. The molecule has 5 heteroatoms. The second-order valence-electron chi connectivity index (χ2n) is 4.81. The van der Waals surface area contributed by atoms with Crippen molar-refractivity contribution in [3.8, 4) is 0 Å². The van der Waals surface area contributed by atoms with Gasteiger partial charge in [0.05, 0.1) is 5.60 Å². The molecule has 16 heavy (non-hydrogen) atoms. The number of carboxylic acids is 1. The van der Waals surface area contributed by atoms with Crippen molar-refractivity contribution in [1.82, 2.24) is 5.32 Å². The number of aliphatic carboxylic acids is 1. The molecule has 2 heterocycles. The highest BCUT2D eigenvalue weighted by Crippen LogP contribution is 2.43. The summed E-state index contributed by atoms with van der Waals surface area (Å²) < 4.78 is 5.21. The molecule has 0 radical (unpaired) electrons. The first-order valence-corrected chi connectivity index (χ1v) is 5.85. The third kappa shape index (κ3) is 1.73. The SMILES string of the molecule is O=C(O)C1(C2(O)CCOCC2)CCCNC1. The summed E-state index contributed by atoms with van der Waals surface area (Å²) in [4.78, 5) is 11.5. The summed E-state index contributed by atoms with van der Waals surface area (Å²) in [7, 11) is 0. The molecule has 3 N–H and O–H groups in total. The minimum absolute atomic E-state index is 0.360. The fourth-order valence-corrected chi connectivity index (χ4v) is 2.87. The zero-order chi connectivity index (χ0) is 11.6. The van der Waals surface area contributed by atoms with E-state index >= 15 is 0 Å². The maximum Gasteiger partial charge on any atom is 0.313 e. The van der Waals surface area contributed by atoms with Crippen molar-refractivity contribution in [2.45, 2.75) is 31.3 Å². The summed E-state index contributed by atoms with van der Waals surface area (Å²) >= 11 is 0. The van der Waals surface area contributed by atoms with E-state index in [1.807, 2.05) is 0 Å². The number of piperidine rings is 1. The molecule has 0 amide bonds. The van der Waals surface area contributed by atoms with Gasteiger partial charge in [0.1, 0.15) is 5.41 Å². The molecule has 0 saturated carbocycles. The molecule has 92 valence electrons. The van der Waals surface area contributed by atoms with Crippen LogP contribution in [0.1, 0.15) is 25.7 Å². The van der Waals surface area contributed by atoms with Crippen LogP contribution < -0.4 is 5.32 Å². The monoisotopic (exact) mass is 229 g/mol. The second kappa shape index (κ2) is 4.31. The Labute approximate surface area is 94.8 Å². The average molecular weight is 229 g/mol. The normalized spacial score (nSPS) is 34.6. The van der Waals surface area contributed by atoms with Gasteiger partial charge in [-0.25, -0.2) is 0 Å². The van der Waals surface area contributed by atoms with Crippen molar-refractivity contribution < 1.29 is 19.7 Å². The highest BCUT2D eigenvalue weighted by molar-refractivity contribution is 5.77. The number of ether oxygens (including phenoxy) is 1. The number of nitrogens with one attached hydrogen (secondary N) is 1. The zero-order valence-electron chi connectivity index (χ0n) is 9.37. The summed E-state index contributed by atoms with van der Waals surface area (Å²) in [5.74, 6) is -0.885. The van der Waals surface area contributed by atoms with Crippen LogP contribution in [0.3, 0.4) is 0 Å². The summed E-state index contributed by atoms with van der Waals surface area (Å²) in [5, 5.41) is 23.2. The smallest absolute Gasteiger partial charge is 0.313 e. The molecule has 0 aromatic carbocycles. The van der Waals surface area contributed by atoms with E-state index in [2.05, 4.69) is 5.32 Å². The van der Waals surface area contributed by atoms with Crippen molar-refractivity contribution in [2.75, 3.05) is 26.3 Å². The van der Waals surface area contributed by atoms with E-state index in [0.29, 0.717) is 39.0 Å². The number of hydrogen-bond acceptors (Lipinski definition) is 4. The highest BCUT2D eigenvalue weighted by Gasteiger charge is 2.56. The van der Waals surface area contributed by atoms with Gasteiger partial charge in [-0.3, -0.25) is 4.79 Å². The van der Waals surface area contributed by atoms with E-state index < -0.39 is 17.0 Å². The zero-order valence-corrected chi connectivity index (χ0v) is 9.37. The van der Waals surface area contributed by atoms with Crippen molar-refractivity contribution in [3.05, 3.63) is 0 Å². The lowest BCUT2D eigenvalue weighted by Gasteiger charge is -2.48. The largest absolute Gasteiger partial charge is 0.481 e. The highest BCUT2D eigenvalue weighted by atomic mass is 16.5. The van der Waals surface area contributed by atoms with Gasteiger partial charge in [-0.2, -0.15) is 0 Å². The molecule has 1 unspecified atom stereocenters. The van der Waals surface area contributed by atoms with Crippen LogP contribution in [0.25, 0.3) is 0 Å². The molecule has 2 rings (SSSR count). The number of aliphatic hydroxyl groups is 1. The van der Waals surface area contributed by atoms with E-state index in [4.69, 9.17) is 4.74 Å². The molecule has 0 aromatic rings. The van der Waals surface area contributed by atoms with Gasteiger partial charge >= 0.3 is 5.97 Å². The summed E-state index contributed by atoms with van der Waals surface area (Å²) in [6.07, 6.45) is 2.18. The molecule has 2 saturated heterocycles. The topological polar surface area (TPSA) is 78.8 Å². The molecular formula is C11H19NO4. The Hall–Kier alpha value is -0.650. The first-order valence-electron chi connectivity index (χ1n) is 5.85. The molecule has 0 aromatic heterocycles. The predicted octanol–water partition coefficient (Wildman–Crippen LogP) is -0.0177. The van der Waals surface area contributed by atoms with Crippen LogP contribution >= 0.6 is 0 Å². The number of rotatable bonds is 2. The van der Waals surface area contributed by atoms with Crippen LogP contribution in [0.5, 0.6) is 0 Å². The minimum atomic E-state index is -1.12. The summed E-state index contributed by atoms with van der Waals surface area (Å²) in [5.41, 5.74) is -2.15. The Kier molecular flexibility index (Phi) is 3.19. The van der Waals surface area contributed by atoms with Gasteiger partial charge in [0.25, 0.3) is 0 Å². The maximum atomic E-state index is 11.5. The Bertz CT molecular complexity index is 267. The van der Waals surface area contributed by atoms with E-state index in [9.17, 15) is 15.0 Å². The Morgan fingerprint density at radius 1 is 1.25 bits per heavy atom. The van der Waals surface area contributed by atoms with Crippen LogP contribution in [-0.2, 0) is 9.53 Å². The third-order valence-corrected chi connectivity index (χ3v) is 4.00. The van der Waals surface area contributed by atoms with Crippen LogP contribution in [0, 0.1) is 5.41 Å². The Balaban J connectivity index is 2.26. The summed E-state index contributed by atoms with van der Waals surface area (Å²) in [6, 6.07) is 0. The fraction of sp³-hybridized carbons (Fsp3) is 0.909. The maximum absolute atomic E-state index is 11.5. The van der Waals surface area contributed by atoms with Crippen LogP contribution in [0.4, 0.5) is 0 Å². The molecular weight excluding hydrogens is 210 g/mol. The van der Waals surface area contributed by atoms with E-state index in [1.54, 1.807) is 0 Å². The predicted molar refractivity (Wildman–Crippen MR) is 57.2 cm³/mol. The molecule has 0 bridgehead atoms. The number of carbonyl (C=O) groups is 1. The number of carboxylic acid groups (broad SMARTS) is 1.